The Kier molecular flexibility index (Phi) is 5.98. The van der Waals surface area contributed by atoms with Crippen LogP contribution in [0.3, 0.4) is 0 Å². The third kappa shape index (κ3) is 5.27. The molecule has 2 aliphatic rings. The maximum atomic E-state index is 12.1. The number of halogens is 4. The highest BCUT2D eigenvalue weighted by Gasteiger charge is 2.34. The van der Waals surface area contributed by atoms with Crippen LogP contribution in [-0.4, -0.2) is 30.4 Å². The van der Waals surface area contributed by atoms with Gasteiger partial charge in [-0.1, -0.05) is 12.1 Å². The monoisotopic (exact) mass is 364 g/mol. The maximum absolute atomic E-state index is 12.1. The Morgan fingerprint density at radius 1 is 1.17 bits per heavy atom. The van der Waals surface area contributed by atoms with Crippen molar-refractivity contribution < 1.29 is 22.7 Å². The van der Waals surface area contributed by atoms with Gasteiger partial charge in [-0.25, -0.2) is 0 Å². The first-order valence-electron chi connectivity index (χ1n) is 7.77. The molecule has 2 N–H and O–H groups in total. The van der Waals surface area contributed by atoms with Gasteiger partial charge in [0.25, 0.3) is 0 Å². The predicted molar refractivity (Wildman–Crippen MR) is 85.2 cm³/mol. The molecule has 0 aromatic heterocycles. The Bertz CT molecular complexity index is 553. The summed E-state index contributed by atoms with van der Waals surface area (Å²) in [6, 6.07) is 6.59. The summed E-state index contributed by atoms with van der Waals surface area (Å²) in [5, 5.41) is 6.54. The molecular formula is C16H20ClF3N2O2. The SMILES string of the molecule is Cl.O=C(Cc1ccc(OC(F)(F)F)cc1)NC1CC2CCC(C1)N2. The molecular weight excluding hydrogens is 345 g/mol. The van der Waals surface area contributed by atoms with E-state index in [1.54, 1.807) is 0 Å². The number of ether oxygens (including phenoxy) is 1. The van der Waals surface area contributed by atoms with Crippen LogP contribution >= 0.6 is 12.4 Å². The largest absolute Gasteiger partial charge is 0.573 e. The average molecular weight is 365 g/mol. The minimum Gasteiger partial charge on any atom is -0.406 e. The number of benzene rings is 1. The number of amides is 1. The van der Waals surface area contributed by atoms with Crippen molar-refractivity contribution in [3.8, 4) is 5.75 Å². The zero-order valence-electron chi connectivity index (χ0n) is 12.9. The number of carbonyl (C=O) groups excluding carboxylic acids is 1. The van der Waals surface area contributed by atoms with Gasteiger partial charge in [0, 0.05) is 18.1 Å². The third-order valence-corrected chi connectivity index (χ3v) is 4.36. The van der Waals surface area contributed by atoms with Crippen LogP contribution in [0, 0.1) is 0 Å². The molecule has 2 atom stereocenters. The number of piperidine rings is 1. The number of hydrogen-bond donors (Lipinski definition) is 2. The number of alkyl halides is 3. The Labute approximate surface area is 144 Å². The molecule has 2 aliphatic heterocycles. The van der Waals surface area contributed by atoms with E-state index in [4.69, 9.17) is 0 Å². The van der Waals surface area contributed by atoms with Gasteiger partial charge < -0.3 is 15.4 Å². The maximum Gasteiger partial charge on any atom is 0.573 e. The highest BCUT2D eigenvalue weighted by Crippen LogP contribution is 2.27. The van der Waals surface area contributed by atoms with E-state index >= 15 is 0 Å². The summed E-state index contributed by atoms with van der Waals surface area (Å²) in [5.74, 6) is -0.377. The molecule has 24 heavy (non-hydrogen) atoms. The van der Waals surface area contributed by atoms with Gasteiger partial charge in [-0.15, -0.1) is 25.6 Å². The average Bonchev–Trinajstić information content (AvgIpc) is 2.78. The number of fused-ring (bicyclic) bond motifs is 2. The second-order valence-corrected chi connectivity index (χ2v) is 6.24. The van der Waals surface area contributed by atoms with Crippen LogP contribution in [0.1, 0.15) is 31.2 Å². The molecule has 3 rings (SSSR count). The first kappa shape index (κ1) is 18.9. The molecule has 1 aromatic rings. The Hall–Kier alpha value is -1.47. The molecule has 0 saturated carbocycles. The summed E-state index contributed by atoms with van der Waals surface area (Å²) >= 11 is 0. The molecule has 8 heteroatoms. The van der Waals surface area contributed by atoms with E-state index in [2.05, 4.69) is 15.4 Å². The van der Waals surface area contributed by atoms with E-state index in [1.165, 1.54) is 24.3 Å². The summed E-state index contributed by atoms with van der Waals surface area (Å²) in [6.45, 7) is 0. The summed E-state index contributed by atoms with van der Waals surface area (Å²) in [4.78, 5) is 12.1. The van der Waals surface area contributed by atoms with Crippen LogP contribution in [0.15, 0.2) is 24.3 Å². The van der Waals surface area contributed by atoms with E-state index < -0.39 is 6.36 Å². The highest BCUT2D eigenvalue weighted by molar-refractivity contribution is 5.85. The van der Waals surface area contributed by atoms with Crippen molar-refractivity contribution in [2.24, 2.45) is 0 Å². The van der Waals surface area contributed by atoms with Crippen LogP contribution in [-0.2, 0) is 11.2 Å². The van der Waals surface area contributed by atoms with Gasteiger partial charge in [-0.2, -0.15) is 0 Å². The standard InChI is InChI=1S/C16H19F3N2O2.ClH/c17-16(18,19)23-14-5-1-10(2-6-14)7-15(22)21-13-8-11-3-4-12(9-13)20-11;/h1-2,5-6,11-13,20H,3-4,7-9H2,(H,21,22);1H. The zero-order valence-corrected chi connectivity index (χ0v) is 13.8. The lowest BCUT2D eigenvalue weighted by molar-refractivity contribution is -0.274. The Morgan fingerprint density at radius 3 is 2.29 bits per heavy atom. The van der Waals surface area contributed by atoms with Gasteiger partial charge in [-0.05, 0) is 43.4 Å². The quantitative estimate of drug-likeness (QED) is 0.863. The van der Waals surface area contributed by atoms with Gasteiger partial charge in [0.15, 0.2) is 0 Å². The topological polar surface area (TPSA) is 50.4 Å². The van der Waals surface area contributed by atoms with Crippen molar-refractivity contribution in [3.05, 3.63) is 29.8 Å². The molecule has 2 fully saturated rings. The fraction of sp³-hybridized carbons (Fsp3) is 0.562. The molecule has 2 saturated heterocycles. The fourth-order valence-electron chi connectivity index (χ4n) is 3.45. The van der Waals surface area contributed by atoms with E-state index in [0.717, 1.165) is 25.7 Å². The minimum absolute atomic E-state index is 0. The van der Waals surface area contributed by atoms with Crippen molar-refractivity contribution in [1.82, 2.24) is 10.6 Å². The number of hydrogen-bond acceptors (Lipinski definition) is 3. The van der Waals surface area contributed by atoms with Gasteiger partial charge in [0.05, 0.1) is 6.42 Å². The number of rotatable bonds is 4. The molecule has 0 spiro atoms. The molecule has 2 bridgehead atoms. The lowest BCUT2D eigenvalue weighted by atomic mass is 9.99. The highest BCUT2D eigenvalue weighted by atomic mass is 35.5. The minimum atomic E-state index is -4.70. The summed E-state index contributed by atoms with van der Waals surface area (Å²) in [7, 11) is 0. The van der Waals surface area contributed by atoms with Crippen LogP contribution in [0.25, 0.3) is 0 Å². The van der Waals surface area contributed by atoms with E-state index in [9.17, 15) is 18.0 Å². The Morgan fingerprint density at radius 2 is 1.75 bits per heavy atom. The Balaban J connectivity index is 0.00000208. The number of carbonyl (C=O) groups is 1. The van der Waals surface area contributed by atoms with E-state index in [0.29, 0.717) is 17.6 Å². The lowest BCUT2D eigenvalue weighted by Gasteiger charge is -2.29. The second-order valence-electron chi connectivity index (χ2n) is 6.24. The molecule has 134 valence electrons. The van der Waals surface area contributed by atoms with Gasteiger partial charge in [0.1, 0.15) is 5.75 Å². The number of nitrogens with one attached hydrogen (secondary N) is 2. The van der Waals surface area contributed by atoms with Crippen LogP contribution in [0.2, 0.25) is 0 Å². The fourth-order valence-corrected chi connectivity index (χ4v) is 3.45. The zero-order chi connectivity index (χ0) is 16.4. The molecule has 4 nitrogen and oxygen atoms in total. The van der Waals surface area contributed by atoms with Crippen LogP contribution in [0.5, 0.6) is 5.75 Å². The van der Waals surface area contributed by atoms with Gasteiger partial charge >= 0.3 is 6.36 Å². The molecule has 0 radical (unpaired) electrons. The van der Waals surface area contributed by atoms with Gasteiger partial charge in [-0.3, -0.25) is 4.79 Å². The normalized spacial score (nSPS) is 25.7. The summed E-state index contributed by atoms with van der Waals surface area (Å²) in [6.07, 6.45) is -0.324. The first-order valence-corrected chi connectivity index (χ1v) is 7.77. The summed E-state index contributed by atoms with van der Waals surface area (Å²) in [5.41, 5.74) is 0.661. The van der Waals surface area contributed by atoms with Crippen LogP contribution in [0.4, 0.5) is 13.2 Å². The molecule has 2 heterocycles. The molecule has 0 aliphatic carbocycles. The second kappa shape index (κ2) is 7.61. The van der Waals surface area contributed by atoms with Crippen LogP contribution < -0.4 is 15.4 Å². The van der Waals surface area contributed by atoms with E-state index in [1.807, 2.05) is 0 Å². The first-order chi connectivity index (χ1) is 10.9. The predicted octanol–water partition coefficient (Wildman–Crippen LogP) is 2.95. The molecule has 2 unspecified atom stereocenters. The van der Waals surface area contributed by atoms with Crippen molar-refractivity contribution in [2.45, 2.75) is 56.6 Å². The van der Waals surface area contributed by atoms with Crippen molar-refractivity contribution in [2.75, 3.05) is 0 Å². The van der Waals surface area contributed by atoms with Crippen molar-refractivity contribution in [1.29, 1.82) is 0 Å². The molecule has 1 aromatic carbocycles. The van der Waals surface area contributed by atoms with Crippen molar-refractivity contribution >= 4 is 18.3 Å². The third-order valence-electron chi connectivity index (χ3n) is 4.36. The van der Waals surface area contributed by atoms with Gasteiger partial charge in [0.2, 0.25) is 5.91 Å². The lowest BCUT2D eigenvalue weighted by Crippen LogP contribution is -2.48. The molecule has 1 amide bonds. The van der Waals surface area contributed by atoms with Crippen molar-refractivity contribution in [3.63, 3.8) is 0 Å². The summed E-state index contributed by atoms with van der Waals surface area (Å²) < 4.78 is 40.1. The smallest absolute Gasteiger partial charge is 0.406 e. The van der Waals surface area contributed by atoms with E-state index in [-0.39, 0.29) is 36.5 Å².